The highest BCUT2D eigenvalue weighted by molar-refractivity contribution is 5.31. The van der Waals surface area contributed by atoms with E-state index in [0.717, 1.165) is 0 Å². The maximum absolute atomic E-state index is 11.8. The van der Waals surface area contributed by atoms with Crippen LogP contribution in [0.5, 0.6) is 0 Å². The molecule has 1 heterocycles. The highest BCUT2D eigenvalue weighted by Gasteiger charge is 2.25. The Bertz CT molecular complexity index is 375. The molecule has 0 unspecified atom stereocenters. The van der Waals surface area contributed by atoms with E-state index < -0.39 is 12.6 Å². The molecule has 0 atom stereocenters. The second kappa shape index (κ2) is 5.53. The molecule has 0 saturated carbocycles. The van der Waals surface area contributed by atoms with Gasteiger partial charge in [0.15, 0.2) is 0 Å². The summed E-state index contributed by atoms with van der Waals surface area (Å²) in [7, 11) is 0. The van der Waals surface area contributed by atoms with Crippen molar-refractivity contribution in [3.8, 4) is 0 Å². The van der Waals surface area contributed by atoms with E-state index in [9.17, 15) is 18.0 Å². The molecule has 4 nitrogen and oxygen atoms in total. The molecule has 0 saturated heterocycles. The molecule has 16 heavy (non-hydrogen) atoms. The Hall–Kier alpha value is -1.53. The standard InChI is InChI=1S/C9H12F3N3O/c10-9(11,12)3-1-2-4-13-7-5-8(16)15-6-14-7/h5-6H,1-4H2,(H2,13,14,15,16). The number of nitrogens with one attached hydrogen (secondary N) is 2. The van der Waals surface area contributed by atoms with Gasteiger partial charge in [-0.25, -0.2) is 4.98 Å². The predicted molar refractivity (Wildman–Crippen MR) is 53.3 cm³/mol. The smallest absolute Gasteiger partial charge is 0.370 e. The van der Waals surface area contributed by atoms with Gasteiger partial charge in [-0.3, -0.25) is 4.79 Å². The maximum Gasteiger partial charge on any atom is 0.389 e. The van der Waals surface area contributed by atoms with Gasteiger partial charge < -0.3 is 10.3 Å². The zero-order valence-electron chi connectivity index (χ0n) is 8.47. The normalized spacial score (nSPS) is 11.4. The van der Waals surface area contributed by atoms with Crippen LogP contribution in [-0.4, -0.2) is 22.7 Å². The molecular weight excluding hydrogens is 223 g/mol. The molecule has 0 aromatic carbocycles. The number of rotatable bonds is 5. The van der Waals surface area contributed by atoms with Crippen LogP contribution in [0.3, 0.4) is 0 Å². The predicted octanol–water partition coefficient (Wildman–Crippen LogP) is 1.91. The van der Waals surface area contributed by atoms with Crippen molar-refractivity contribution in [2.24, 2.45) is 0 Å². The monoisotopic (exact) mass is 235 g/mol. The van der Waals surface area contributed by atoms with Gasteiger partial charge in [-0.1, -0.05) is 0 Å². The van der Waals surface area contributed by atoms with Gasteiger partial charge in [0.1, 0.15) is 5.82 Å². The minimum absolute atomic E-state index is 0.0691. The van der Waals surface area contributed by atoms with Gasteiger partial charge in [-0.2, -0.15) is 13.2 Å². The Morgan fingerprint density at radius 1 is 1.38 bits per heavy atom. The summed E-state index contributed by atoms with van der Waals surface area (Å²) in [6.45, 7) is 0.368. The van der Waals surface area contributed by atoms with Crippen LogP contribution >= 0.6 is 0 Å². The van der Waals surface area contributed by atoms with Crippen molar-refractivity contribution in [3.63, 3.8) is 0 Å². The highest BCUT2D eigenvalue weighted by atomic mass is 19.4. The third-order valence-corrected chi connectivity index (χ3v) is 1.87. The second-order valence-electron chi connectivity index (χ2n) is 3.30. The fraction of sp³-hybridized carbons (Fsp3) is 0.556. The number of aromatic amines is 1. The average Bonchev–Trinajstić information content (AvgIpc) is 2.15. The van der Waals surface area contributed by atoms with Gasteiger partial charge in [0.25, 0.3) is 5.56 Å². The Labute approximate surface area is 89.9 Å². The minimum Gasteiger partial charge on any atom is -0.370 e. The van der Waals surface area contributed by atoms with Crippen molar-refractivity contribution in [1.82, 2.24) is 9.97 Å². The lowest BCUT2D eigenvalue weighted by Gasteiger charge is -2.06. The molecule has 7 heteroatoms. The van der Waals surface area contributed by atoms with E-state index in [2.05, 4.69) is 15.3 Å². The molecule has 0 radical (unpaired) electrons. The molecule has 0 spiro atoms. The highest BCUT2D eigenvalue weighted by Crippen LogP contribution is 2.21. The molecule has 0 fully saturated rings. The van der Waals surface area contributed by atoms with Gasteiger partial charge in [0, 0.05) is 19.0 Å². The fourth-order valence-corrected chi connectivity index (χ4v) is 1.13. The van der Waals surface area contributed by atoms with Crippen LogP contribution in [-0.2, 0) is 0 Å². The third-order valence-electron chi connectivity index (χ3n) is 1.87. The van der Waals surface area contributed by atoms with Crippen LogP contribution in [0.1, 0.15) is 19.3 Å². The zero-order valence-corrected chi connectivity index (χ0v) is 8.47. The van der Waals surface area contributed by atoms with Gasteiger partial charge in [0.05, 0.1) is 6.33 Å². The summed E-state index contributed by atoms with van der Waals surface area (Å²) in [5, 5.41) is 2.77. The first-order valence-corrected chi connectivity index (χ1v) is 4.83. The van der Waals surface area contributed by atoms with Crippen LogP contribution in [0.2, 0.25) is 0 Å². The summed E-state index contributed by atoms with van der Waals surface area (Å²) in [6.07, 6.45) is -3.19. The molecule has 0 aliphatic heterocycles. The van der Waals surface area contributed by atoms with Crippen molar-refractivity contribution < 1.29 is 13.2 Å². The number of aromatic nitrogens is 2. The average molecular weight is 235 g/mol. The number of hydrogen-bond acceptors (Lipinski definition) is 3. The van der Waals surface area contributed by atoms with E-state index in [1.807, 2.05) is 0 Å². The Morgan fingerprint density at radius 2 is 2.12 bits per heavy atom. The Kier molecular flexibility index (Phi) is 4.33. The number of nitrogens with zero attached hydrogens (tertiary/aromatic N) is 1. The summed E-state index contributed by atoms with van der Waals surface area (Å²) in [5.41, 5.74) is -0.298. The lowest BCUT2D eigenvalue weighted by molar-refractivity contribution is -0.135. The summed E-state index contributed by atoms with van der Waals surface area (Å²) >= 11 is 0. The lowest BCUT2D eigenvalue weighted by Crippen LogP contribution is -2.11. The second-order valence-corrected chi connectivity index (χ2v) is 3.30. The molecule has 90 valence electrons. The number of halogens is 3. The van der Waals surface area contributed by atoms with E-state index >= 15 is 0 Å². The zero-order chi connectivity index (χ0) is 12.0. The van der Waals surface area contributed by atoms with Crippen LogP contribution in [0.4, 0.5) is 19.0 Å². The topological polar surface area (TPSA) is 57.8 Å². The van der Waals surface area contributed by atoms with Crippen molar-refractivity contribution in [2.75, 3.05) is 11.9 Å². The Morgan fingerprint density at radius 3 is 2.75 bits per heavy atom. The summed E-state index contributed by atoms with van der Waals surface area (Å²) in [5.74, 6) is 0.371. The van der Waals surface area contributed by atoms with Crippen molar-refractivity contribution in [1.29, 1.82) is 0 Å². The molecule has 0 aliphatic carbocycles. The van der Waals surface area contributed by atoms with Gasteiger partial charge >= 0.3 is 6.18 Å². The van der Waals surface area contributed by atoms with E-state index in [1.165, 1.54) is 12.4 Å². The number of unbranched alkanes of at least 4 members (excludes halogenated alkanes) is 1. The van der Waals surface area contributed by atoms with E-state index in [4.69, 9.17) is 0 Å². The number of H-pyrrole nitrogens is 1. The molecule has 1 aromatic heterocycles. The first-order chi connectivity index (χ1) is 7.47. The molecule has 0 amide bonds. The fourth-order valence-electron chi connectivity index (χ4n) is 1.13. The number of hydrogen-bond donors (Lipinski definition) is 2. The van der Waals surface area contributed by atoms with Crippen molar-refractivity contribution in [3.05, 3.63) is 22.7 Å². The molecule has 0 bridgehead atoms. The number of alkyl halides is 3. The van der Waals surface area contributed by atoms with Crippen LogP contribution in [0.15, 0.2) is 17.2 Å². The lowest BCUT2D eigenvalue weighted by atomic mass is 10.2. The maximum atomic E-state index is 11.8. The summed E-state index contributed by atoms with van der Waals surface area (Å²) in [4.78, 5) is 17.0. The van der Waals surface area contributed by atoms with E-state index in [0.29, 0.717) is 18.8 Å². The van der Waals surface area contributed by atoms with Crippen LogP contribution in [0, 0.1) is 0 Å². The SMILES string of the molecule is O=c1cc(NCCCCC(F)(F)F)nc[nH]1. The van der Waals surface area contributed by atoms with Crippen molar-refractivity contribution in [2.45, 2.75) is 25.4 Å². The summed E-state index contributed by atoms with van der Waals surface area (Å²) < 4.78 is 35.3. The van der Waals surface area contributed by atoms with Gasteiger partial charge in [-0.15, -0.1) is 0 Å². The molecule has 0 aliphatic rings. The van der Waals surface area contributed by atoms with Gasteiger partial charge in [0.2, 0.25) is 0 Å². The third kappa shape index (κ3) is 5.38. The largest absolute Gasteiger partial charge is 0.389 e. The quantitative estimate of drug-likeness (QED) is 0.766. The minimum atomic E-state index is -4.10. The van der Waals surface area contributed by atoms with Crippen molar-refractivity contribution >= 4 is 5.82 Å². The molecule has 2 N–H and O–H groups in total. The first-order valence-electron chi connectivity index (χ1n) is 4.83. The first kappa shape index (κ1) is 12.5. The van der Waals surface area contributed by atoms with E-state index in [1.54, 1.807) is 0 Å². The van der Waals surface area contributed by atoms with Gasteiger partial charge in [-0.05, 0) is 12.8 Å². The summed E-state index contributed by atoms with van der Waals surface area (Å²) in [6, 6.07) is 1.25. The Balaban J connectivity index is 2.19. The molecular formula is C9H12F3N3O. The molecule has 1 aromatic rings. The number of anilines is 1. The van der Waals surface area contributed by atoms with Crippen LogP contribution in [0.25, 0.3) is 0 Å². The molecule has 1 rings (SSSR count). The van der Waals surface area contributed by atoms with Crippen LogP contribution < -0.4 is 10.9 Å². The van der Waals surface area contributed by atoms with E-state index in [-0.39, 0.29) is 12.0 Å².